The normalized spacial score (nSPS) is 20.6. The Balaban J connectivity index is 2.15. The SMILES string of the molecule is O=C(O)c1ccc(S(=O)(=O)CC2CCCO2)o1. The van der Waals surface area contributed by atoms with Crippen LogP contribution in [0.2, 0.25) is 0 Å². The van der Waals surface area contributed by atoms with Crippen LogP contribution < -0.4 is 0 Å². The van der Waals surface area contributed by atoms with Gasteiger partial charge in [-0.2, -0.15) is 0 Å². The van der Waals surface area contributed by atoms with E-state index >= 15 is 0 Å². The van der Waals surface area contributed by atoms with Gasteiger partial charge in [0.2, 0.25) is 20.7 Å². The number of sulfone groups is 1. The number of carboxylic acids is 1. The summed E-state index contributed by atoms with van der Waals surface area (Å²) in [5, 5.41) is 8.32. The van der Waals surface area contributed by atoms with Crippen LogP contribution in [-0.4, -0.2) is 38.0 Å². The van der Waals surface area contributed by atoms with E-state index in [-0.39, 0.29) is 22.7 Å². The van der Waals surface area contributed by atoms with E-state index in [0.717, 1.165) is 18.6 Å². The molecule has 2 heterocycles. The quantitative estimate of drug-likeness (QED) is 0.865. The average Bonchev–Trinajstić information content (AvgIpc) is 2.84. The van der Waals surface area contributed by atoms with Crippen molar-refractivity contribution in [2.45, 2.75) is 24.0 Å². The summed E-state index contributed by atoms with van der Waals surface area (Å²) in [6.45, 7) is 0.568. The van der Waals surface area contributed by atoms with Gasteiger partial charge in [0.1, 0.15) is 0 Å². The van der Waals surface area contributed by atoms with Crippen molar-refractivity contribution in [2.75, 3.05) is 12.4 Å². The van der Waals surface area contributed by atoms with Gasteiger partial charge in [-0.05, 0) is 25.0 Å². The topological polar surface area (TPSA) is 93.8 Å². The summed E-state index contributed by atoms with van der Waals surface area (Å²) >= 11 is 0. The van der Waals surface area contributed by atoms with Crippen LogP contribution in [0.4, 0.5) is 0 Å². The van der Waals surface area contributed by atoms with Crippen LogP contribution in [0.15, 0.2) is 21.6 Å². The van der Waals surface area contributed by atoms with Gasteiger partial charge >= 0.3 is 5.97 Å². The van der Waals surface area contributed by atoms with Crippen molar-refractivity contribution in [1.82, 2.24) is 0 Å². The number of rotatable bonds is 4. The van der Waals surface area contributed by atoms with Crippen molar-refractivity contribution in [3.05, 3.63) is 17.9 Å². The van der Waals surface area contributed by atoms with Crippen molar-refractivity contribution in [1.29, 1.82) is 0 Å². The van der Waals surface area contributed by atoms with Crippen LogP contribution in [0.3, 0.4) is 0 Å². The van der Waals surface area contributed by atoms with E-state index in [1.807, 2.05) is 0 Å². The van der Waals surface area contributed by atoms with Gasteiger partial charge in [-0.3, -0.25) is 0 Å². The number of ether oxygens (including phenoxy) is 1. The Kier molecular flexibility index (Phi) is 3.21. The molecule has 1 fully saturated rings. The first-order valence-corrected chi connectivity index (χ1v) is 6.82. The second kappa shape index (κ2) is 4.50. The molecule has 1 saturated heterocycles. The Labute approximate surface area is 98.1 Å². The molecule has 17 heavy (non-hydrogen) atoms. The molecule has 1 unspecified atom stereocenters. The van der Waals surface area contributed by atoms with Crippen LogP contribution in [0, 0.1) is 0 Å². The summed E-state index contributed by atoms with van der Waals surface area (Å²) in [7, 11) is -3.61. The number of hydrogen-bond acceptors (Lipinski definition) is 5. The molecule has 0 saturated carbocycles. The lowest BCUT2D eigenvalue weighted by molar-refractivity contribution is 0.0656. The molecular weight excluding hydrogens is 248 g/mol. The molecule has 1 N–H and O–H groups in total. The van der Waals surface area contributed by atoms with E-state index in [2.05, 4.69) is 0 Å². The first kappa shape index (κ1) is 12.1. The summed E-state index contributed by atoms with van der Waals surface area (Å²) in [5.74, 6) is -1.83. The molecule has 1 aliphatic rings. The minimum atomic E-state index is -3.61. The van der Waals surface area contributed by atoms with Gasteiger partial charge in [-0.25, -0.2) is 13.2 Å². The van der Waals surface area contributed by atoms with E-state index < -0.39 is 15.8 Å². The molecule has 7 heteroatoms. The number of hydrogen-bond donors (Lipinski definition) is 1. The smallest absolute Gasteiger partial charge is 0.371 e. The first-order chi connectivity index (χ1) is 7.99. The molecule has 2 rings (SSSR count). The maximum Gasteiger partial charge on any atom is 0.371 e. The van der Waals surface area contributed by atoms with Gasteiger partial charge in [-0.15, -0.1) is 0 Å². The zero-order valence-corrected chi connectivity index (χ0v) is 9.77. The fraction of sp³-hybridized carbons (Fsp3) is 0.500. The number of carboxylic acid groups (broad SMARTS) is 1. The van der Waals surface area contributed by atoms with Gasteiger partial charge in [0, 0.05) is 6.61 Å². The van der Waals surface area contributed by atoms with E-state index in [1.54, 1.807) is 0 Å². The molecule has 0 amide bonds. The van der Waals surface area contributed by atoms with E-state index in [4.69, 9.17) is 14.3 Å². The molecule has 0 bridgehead atoms. The molecule has 0 aliphatic carbocycles. The summed E-state index contributed by atoms with van der Waals surface area (Å²) in [6.07, 6.45) is 1.23. The van der Waals surface area contributed by atoms with Gasteiger partial charge in [0.15, 0.2) is 0 Å². The highest BCUT2D eigenvalue weighted by atomic mass is 32.2. The lowest BCUT2D eigenvalue weighted by Gasteiger charge is -2.07. The number of furan rings is 1. The van der Waals surface area contributed by atoms with Crippen molar-refractivity contribution in [3.8, 4) is 0 Å². The molecule has 1 aromatic rings. The summed E-state index contributed by atoms with van der Waals surface area (Å²) in [4.78, 5) is 10.6. The maximum atomic E-state index is 11.9. The highest BCUT2D eigenvalue weighted by Gasteiger charge is 2.27. The fourth-order valence-electron chi connectivity index (χ4n) is 1.70. The molecular formula is C10H12O6S. The lowest BCUT2D eigenvalue weighted by Crippen LogP contribution is -2.19. The van der Waals surface area contributed by atoms with E-state index in [0.29, 0.717) is 13.0 Å². The third-order valence-electron chi connectivity index (χ3n) is 2.53. The van der Waals surface area contributed by atoms with Crippen LogP contribution >= 0.6 is 0 Å². The van der Waals surface area contributed by atoms with E-state index in [9.17, 15) is 13.2 Å². The van der Waals surface area contributed by atoms with Crippen LogP contribution in [0.1, 0.15) is 23.4 Å². The standard InChI is InChI=1S/C10H12O6S/c11-10(12)8-3-4-9(16-8)17(13,14)6-7-2-1-5-15-7/h3-4,7H,1-2,5-6H2,(H,11,12). The summed E-state index contributed by atoms with van der Waals surface area (Å²) in [5.41, 5.74) is 0. The Bertz CT molecular complexity index is 509. The Hall–Kier alpha value is -1.34. The third-order valence-corrected chi connectivity index (χ3v) is 4.17. The van der Waals surface area contributed by atoms with Gasteiger partial charge in [0.05, 0.1) is 11.9 Å². The van der Waals surface area contributed by atoms with Gasteiger partial charge in [-0.1, -0.05) is 0 Å². The first-order valence-electron chi connectivity index (χ1n) is 5.16. The Morgan fingerprint density at radius 3 is 2.76 bits per heavy atom. The van der Waals surface area contributed by atoms with Crippen molar-refractivity contribution >= 4 is 15.8 Å². The second-order valence-electron chi connectivity index (χ2n) is 3.84. The Morgan fingerprint density at radius 1 is 1.47 bits per heavy atom. The maximum absolute atomic E-state index is 11.9. The van der Waals surface area contributed by atoms with Crippen molar-refractivity contribution in [3.63, 3.8) is 0 Å². The second-order valence-corrected chi connectivity index (χ2v) is 5.81. The van der Waals surface area contributed by atoms with Gasteiger partial charge in [0.25, 0.3) is 0 Å². The largest absolute Gasteiger partial charge is 0.475 e. The number of aromatic carboxylic acids is 1. The zero-order valence-electron chi connectivity index (χ0n) is 8.96. The van der Waals surface area contributed by atoms with E-state index in [1.165, 1.54) is 0 Å². The molecule has 0 radical (unpaired) electrons. The third kappa shape index (κ3) is 2.67. The van der Waals surface area contributed by atoms with Gasteiger partial charge < -0.3 is 14.3 Å². The number of carbonyl (C=O) groups is 1. The molecule has 6 nitrogen and oxygen atoms in total. The predicted molar refractivity (Wildman–Crippen MR) is 56.7 cm³/mol. The predicted octanol–water partition coefficient (Wildman–Crippen LogP) is 0.931. The highest BCUT2D eigenvalue weighted by molar-refractivity contribution is 7.91. The van der Waals surface area contributed by atoms with Crippen LogP contribution in [0.25, 0.3) is 0 Å². The molecule has 1 aromatic heterocycles. The molecule has 1 atom stereocenters. The summed E-state index contributed by atoms with van der Waals surface area (Å²) in [6, 6.07) is 2.29. The van der Waals surface area contributed by atoms with Crippen LogP contribution in [0.5, 0.6) is 0 Å². The lowest BCUT2D eigenvalue weighted by atomic mass is 10.3. The average molecular weight is 260 g/mol. The minimum absolute atomic E-state index is 0.167. The fourth-order valence-corrected chi connectivity index (χ4v) is 3.11. The summed E-state index contributed by atoms with van der Waals surface area (Å²) < 4.78 is 33.7. The molecule has 1 aliphatic heterocycles. The van der Waals surface area contributed by atoms with Crippen molar-refractivity contribution in [2.24, 2.45) is 0 Å². The molecule has 0 spiro atoms. The zero-order chi connectivity index (χ0) is 12.5. The Morgan fingerprint density at radius 2 is 2.24 bits per heavy atom. The molecule has 0 aromatic carbocycles. The molecule has 94 valence electrons. The highest BCUT2D eigenvalue weighted by Crippen LogP contribution is 2.20. The van der Waals surface area contributed by atoms with Crippen LogP contribution in [-0.2, 0) is 14.6 Å². The monoisotopic (exact) mass is 260 g/mol. The minimum Gasteiger partial charge on any atom is -0.475 e. The van der Waals surface area contributed by atoms with Crippen molar-refractivity contribution < 1.29 is 27.5 Å².